The number of hydrogen-bond donors (Lipinski definition) is 1. The number of likely N-dealkylation sites (tertiary alicyclic amines) is 1. The molecule has 1 heterocycles. The summed E-state index contributed by atoms with van der Waals surface area (Å²) >= 11 is 0. The molecular weight excluding hydrogens is 238 g/mol. The first-order chi connectivity index (χ1) is 9.08. The average molecular weight is 269 g/mol. The quantitative estimate of drug-likeness (QED) is 0.645. The molecule has 19 heavy (non-hydrogen) atoms. The van der Waals surface area contributed by atoms with Gasteiger partial charge in [0.05, 0.1) is 5.41 Å². The highest BCUT2D eigenvalue weighted by Crippen LogP contribution is 2.31. The first kappa shape index (κ1) is 16.5. The fourth-order valence-electron chi connectivity index (χ4n) is 2.78. The Morgan fingerprint density at radius 1 is 1.05 bits per heavy atom. The minimum atomic E-state index is -0.622. The lowest BCUT2D eigenvalue weighted by atomic mass is 9.80. The smallest absolute Gasteiger partial charge is 0.309 e. The van der Waals surface area contributed by atoms with Crippen molar-refractivity contribution in [2.24, 2.45) is 5.41 Å². The predicted octanol–water partition coefficient (Wildman–Crippen LogP) is 3.92. The van der Waals surface area contributed by atoms with Crippen LogP contribution in [0.4, 0.5) is 0 Å². The van der Waals surface area contributed by atoms with E-state index in [4.69, 9.17) is 0 Å². The molecule has 0 unspecified atom stereocenters. The van der Waals surface area contributed by atoms with E-state index in [1.54, 1.807) is 0 Å². The van der Waals surface area contributed by atoms with E-state index in [2.05, 4.69) is 11.8 Å². The molecule has 0 aliphatic carbocycles. The Kier molecular flexibility index (Phi) is 7.44. The summed E-state index contributed by atoms with van der Waals surface area (Å²) in [5.74, 6) is -0.622. The summed E-state index contributed by atoms with van der Waals surface area (Å²) in [6.07, 6.45) is 11.0. The van der Waals surface area contributed by atoms with Gasteiger partial charge in [0.1, 0.15) is 0 Å². The van der Waals surface area contributed by atoms with Crippen molar-refractivity contribution in [1.82, 2.24) is 4.90 Å². The molecule has 0 radical (unpaired) electrons. The number of aliphatic carboxylic acids is 1. The molecule has 3 nitrogen and oxygen atoms in total. The van der Waals surface area contributed by atoms with Crippen LogP contribution in [0.5, 0.6) is 0 Å². The molecule has 1 saturated heterocycles. The highest BCUT2D eigenvalue weighted by Gasteiger charge is 2.36. The topological polar surface area (TPSA) is 40.5 Å². The molecule has 0 saturated carbocycles. The second-order valence-corrected chi connectivity index (χ2v) is 6.33. The van der Waals surface area contributed by atoms with E-state index in [1.165, 1.54) is 44.9 Å². The second kappa shape index (κ2) is 8.57. The van der Waals surface area contributed by atoms with Gasteiger partial charge in [-0.05, 0) is 45.8 Å². The summed E-state index contributed by atoms with van der Waals surface area (Å²) in [5.41, 5.74) is -0.476. The molecule has 1 rings (SSSR count). The zero-order valence-corrected chi connectivity index (χ0v) is 12.8. The van der Waals surface area contributed by atoms with E-state index >= 15 is 0 Å². The van der Waals surface area contributed by atoms with Gasteiger partial charge in [0.15, 0.2) is 0 Å². The highest BCUT2D eigenvalue weighted by molar-refractivity contribution is 5.74. The molecule has 0 bridgehead atoms. The van der Waals surface area contributed by atoms with Crippen LogP contribution in [0.1, 0.15) is 71.6 Å². The van der Waals surface area contributed by atoms with Gasteiger partial charge < -0.3 is 10.0 Å². The van der Waals surface area contributed by atoms with Gasteiger partial charge >= 0.3 is 5.97 Å². The molecule has 0 amide bonds. The van der Waals surface area contributed by atoms with Crippen molar-refractivity contribution in [3.05, 3.63) is 0 Å². The van der Waals surface area contributed by atoms with Gasteiger partial charge in [-0.2, -0.15) is 0 Å². The molecule has 0 aromatic rings. The van der Waals surface area contributed by atoms with E-state index in [1.807, 2.05) is 6.92 Å². The van der Waals surface area contributed by atoms with Crippen LogP contribution in [-0.2, 0) is 4.79 Å². The number of hydrogen-bond acceptors (Lipinski definition) is 2. The third-order valence-electron chi connectivity index (χ3n) is 4.55. The third-order valence-corrected chi connectivity index (χ3v) is 4.55. The number of carbonyl (C=O) groups is 1. The minimum Gasteiger partial charge on any atom is -0.481 e. The van der Waals surface area contributed by atoms with Crippen LogP contribution in [0.25, 0.3) is 0 Å². The summed E-state index contributed by atoms with van der Waals surface area (Å²) in [4.78, 5) is 13.6. The van der Waals surface area contributed by atoms with Crippen LogP contribution in [0.3, 0.4) is 0 Å². The molecule has 0 atom stereocenters. The minimum absolute atomic E-state index is 0.476. The fraction of sp³-hybridized carbons (Fsp3) is 0.938. The normalized spacial score (nSPS) is 19.5. The molecule has 3 heteroatoms. The van der Waals surface area contributed by atoms with Gasteiger partial charge in [-0.15, -0.1) is 0 Å². The Hall–Kier alpha value is -0.570. The number of nitrogens with zero attached hydrogens (tertiary/aromatic N) is 1. The molecular formula is C16H31NO2. The van der Waals surface area contributed by atoms with Gasteiger partial charge in [0.2, 0.25) is 0 Å². The maximum Gasteiger partial charge on any atom is 0.309 e. The SMILES string of the molecule is CCCCCCCCCN1CCC(C)(C(=O)O)CC1. The summed E-state index contributed by atoms with van der Waals surface area (Å²) in [5, 5.41) is 9.18. The molecule has 0 aromatic heterocycles. The largest absolute Gasteiger partial charge is 0.481 e. The number of piperidine rings is 1. The Morgan fingerprint density at radius 2 is 1.58 bits per heavy atom. The Balaban J connectivity index is 2.02. The highest BCUT2D eigenvalue weighted by atomic mass is 16.4. The number of carboxylic acids is 1. The van der Waals surface area contributed by atoms with Crippen molar-refractivity contribution < 1.29 is 9.90 Å². The van der Waals surface area contributed by atoms with Crippen molar-refractivity contribution >= 4 is 5.97 Å². The molecule has 1 fully saturated rings. The van der Waals surface area contributed by atoms with Gasteiger partial charge in [-0.1, -0.05) is 45.4 Å². The molecule has 1 N–H and O–H groups in total. The van der Waals surface area contributed by atoms with Crippen LogP contribution in [0.2, 0.25) is 0 Å². The first-order valence-electron chi connectivity index (χ1n) is 8.04. The van der Waals surface area contributed by atoms with Crippen LogP contribution in [0, 0.1) is 5.41 Å². The van der Waals surface area contributed by atoms with E-state index in [0.29, 0.717) is 0 Å². The number of carboxylic acid groups (broad SMARTS) is 1. The summed E-state index contributed by atoms with van der Waals surface area (Å²) < 4.78 is 0. The van der Waals surface area contributed by atoms with Crippen LogP contribution in [0.15, 0.2) is 0 Å². The average Bonchev–Trinajstić information content (AvgIpc) is 2.40. The van der Waals surface area contributed by atoms with Crippen LogP contribution < -0.4 is 0 Å². The fourth-order valence-corrected chi connectivity index (χ4v) is 2.78. The molecule has 0 spiro atoms. The third kappa shape index (κ3) is 5.94. The van der Waals surface area contributed by atoms with Gasteiger partial charge in [-0.3, -0.25) is 4.79 Å². The first-order valence-corrected chi connectivity index (χ1v) is 8.04. The zero-order valence-electron chi connectivity index (χ0n) is 12.8. The lowest BCUT2D eigenvalue weighted by Crippen LogP contribution is -2.42. The van der Waals surface area contributed by atoms with Crippen molar-refractivity contribution in [1.29, 1.82) is 0 Å². The molecule has 1 aliphatic rings. The van der Waals surface area contributed by atoms with Crippen molar-refractivity contribution in [2.45, 2.75) is 71.6 Å². The van der Waals surface area contributed by atoms with E-state index in [9.17, 15) is 9.90 Å². The Labute approximate surface area is 118 Å². The Morgan fingerprint density at radius 3 is 2.11 bits per heavy atom. The van der Waals surface area contributed by atoms with E-state index in [0.717, 1.165) is 32.5 Å². The number of rotatable bonds is 9. The van der Waals surface area contributed by atoms with Crippen molar-refractivity contribution in [3.8, 4) is 0 Å². The lowest BCUT2D eigenvalue weighted by Gasteiger charge is -2.36. The summed E-state index contributed by atoms with van der Waals surface area (Å²) in [7, 11) is 0. The van der Waals surface area contributed by atoms with Crippen molar-refractivity contribution in [2.75, 3.05) is 19.6 Å². The van der Waals surface area contributed by atoms with Gasteiger partial charge in [-0.25, -0.2) is 0 Å². The number of unbranched alkanes of at least 4 members (excludes halogenated alkanes) is 6. The maximum absolute atomic E-state index is 11.1. The maximum atomic E-state index is 11.1. The molecule has 112 valence electrons. The van der Waals surface area contributed by atoms with E-state index < -0.39 is 11.4 Å². The van der Waals surface area contributed by atoms with Crippen LogP contribution in [-0.4, -0.2) is 35.6 Å². The van der Waals surface area contributed by atoms with Gasteiger partial charge in [0, 0.05) is 0 Å². The monoisotopic (exact) mass is 269 g/mol. The second-order valence-electron chi connectivity index (χ2n) is 6.33. The Bertz CT molecular complexity index is 257. The molecule has 1 aliphatic heterocycles. The summed E-state index contributed by atoms with van der Waals surface area (Å²) in [6, 6.07) is 0. The predicted molar refractivity (Wildman–Crippen MR) is 79.4 cm³/mol. The van der Waals surface area contributed by atoms with Crippen LogP contribution >= 0.6 is 0 Å². The van der Waals surface area contributed by atoms with E-state index in [-0.39, 0.29) is 0 Å². The molecule has 0 aromatic carbocycles. The van der Waals surface area contributed by atoms with Gasteiger partial charge in [0.25, 0.3) is 0 Å². The summed E-state index contributed by atoms with van der Waals surface area (Å²) in [6.45, 7) is 7.21. The standard InChI is InChI=1S/C16H31NO2/c1-3-4-5-6-7-8-9-12-17-13-10-16(2,11-14-17)15(18)19/h3-14H2,1-2H3,(H,18,19). The zero-order chi connectivity index (χ0) is 14.1. The lowest BCUT2D eigenvalue weighted by molar-refractivity contribution is -0.150. The van der Waals surface area contributed by atoms with Crippen molar-refractivity contribution in [3.63, 3.8) is 0 Å².